The number of carbonyl (C=O) groups is 2. The van der Waals surface area contributed by atoms with Crippen molar-refractivity contribution in [3.05, 3.63) is 47.0 Å². The van der Waals surface area contributed by atoms with E-state index >= 15 is 0 Å². The van der Waals surface area contributed by atoms with Crippen molar-refractivity contribution >= 4 is 54.2 Å². The first-order valence-corrected chi connectivity index (χ1v) is 12.9. The van der Waals surface area contributed by atoms with Crippen LogP contribution in [0.1, 0.15) is 36.5 Å². The van der Waals surface area contributed by atoms with Crippen LogP contribution in [0.15, 0.2) is 35.2 Å². The standard InChI is InChI=1S/C23H26N4O4S2/c1-13-10-14(2)21(15(3)11-13)33(30,31)27-9-5-6-19(27)22(29)25-17-7-8-18-20(12-17)32-23(26-18)24-16(4)28/h7-8,10-12,19H,5-6,9H2,1-4H3,(H,25,29)(H,24,26,28). The van der Waals surface area contributed by atoms with Crippen LogP contribution < -0.4 is 10.6 Å². The summed E-state index contributed by atoms with van der Waals surface area (Å²) in [6.45, 7) is 7.23. The Morgan fingerprint density at radius 1 is 1.09 bits per heavy atom. The van der Waals surface area contributed by atoms with Crippen molar-refractivity contribution in [2.75, 3.05) is 17.2 Å². The van der Waals surface area contributed by atoms with E-state index in [1.54, 1.807) is 32.0 Å². The van der Waals surface area contributed by atoms with Gasteiger partial charge in [-0.25, -0.2) is 13.4 Å². The van der Waals surface area contributed by atoms with Gasteiger partial charge in [-0.05, 0) is 62.9 Å². The molecule has 8 nitrogen and oxygen atoms in total. The molecule has 0 saturated carbocycles. The molecule has 2 heterocycles. The molecule has 1 aliphatic rings. The van der Waals surface area contributed by atoms with E-state index in [0.29, 0.717) is 46.8 Å². The third-order valence-electron chi connectivity index (χ3n) is 5.62. The van der Waals surface area contributed by atoms with Gasteiger partial charge in [0, 0.05) is 19.2 Å². The van der Waals surface area contributed by atoms with Crippen molar-refractivity contribution in [2.45, 2.75) is 51.5 Å². The average molecular weight is 487 g/mol. The van der Waals surface area contributed by atoms with Crippen LogP contribution in [0.5, 0.6) is 0 Å². The van der Waals surface area contributed by atoms with Crippen LogP contribution in [0.2, 0.25) is 0 Å². The highest BCUT2D eigenvalue weighted by Gasteiger charge is 2.40. The summed E-state index contributed by atoms with van der Waals surface area (Å²) in [6, 6.07) is 8.18. The molecule has 1 saturated heterocycles. The first-order chi connectivity index (χ1) is 15.6. The van der Waals surface area contributed by atoms with Gasteiger partial charge in [0.05, 0.1) is 15.1 Å². The van der Waals surface area contributed by atoms with Gasteiger partial charge in [0.2, 0.25) is 21.8 Å². The zero-order valence-corrected chi connectivity index (χ0v) is 20.6. The van der Waals surface area contributed by atoms with E-state index in [1.807, 2.05) is 19.1 Å². The van der Waals surface area contributed by atoms with Crippen LogP contribution in [0.3, 0.4) is 0 Å². The van der Waals surface area contributed by atoms with E-state index in [4.69, 9.17) is 0 Å². The summed E-state index contributed by atoms with van der Waals surface area (Å²) < 4.78 is 29.2. The van der Waals surface area contributed by atoms with Crippen LogP contribution in [-0.4, -0.2) is 42.1 Å². The first-order valence-electron chi connectivity index (χ1n) is 10.6. The van der Waals surface area contributed by atoms with Crippen molar-refractivity contribution in [1.29, 1.82) is 0 Å². The lowest BCUT2D eigenvalue weighted by Gasteiger charge is -2.25. The molecule has 2 amide bonds. The van der Waals surface area contributed by atoms with Crippen LogP contribution in [-0.2, 0) is 19.6 Å². The maximum absolute atomic E-state index is 13.5. The van der Waals surface area contributed by atoms with Gasteiger partial charge in [-0.1, -0.05) is 29.0 Å². The third kappa shape index (κ3) is 4.64. The van der Waals surface area contributed by atoms with E-state index < -0.39 is 16.1 Å². The van der Waals surface area contributed by atoms with Gasteiger partial charge < -0.3 is 10.6 Å². The van der Waals surface area contributed by atoms with Crippen molar-refractivity contribution in [3.63, 3.8) is 0 Å². The Morgan fingerprint density at radius 3 is 2.45 bits per heavy atom. The fourth-order valence-electron chi connectivity index (χ4n) is 4.41. The van der Waals surface area contributed by atoms with E-state index in [0.717, 1.165) is 10.3 Å². The van der Waals surface area contributed by atoms with Gasteiger partial charge in [-0.15, -0.1) is 0 Å². The van der Waals surface area contributed by atoms with Crippen LogP contribution in [0.25, 0.3) is 10.2 Å². The number of fused-ring (bicyclic) bond motifs is 1. The summed E-state index contributed by atoms with van der Waals surface area (Å²) in [5, 5.41) is 6.01. The Labute approximate surface area is 197 Å². The molecule has 10 heteroatoms. The second-order valence-corrected chi connectivity index (χ2v) is 11.2. The molecule has 1 aliphatic heterocycles. The number of sulfonamides is 1. The maximum atomic E-state index is 13.5. The zero-order valence-electron chi connectivity index (χ0n) is 18.9. The molecule has 1 unspecified atom stereocenters. The van der Waals surface area contributed by atoms with E-state index in [1.165, 1.54) is 22.6 Å². The smallest absolute Gasteiger partial charge is 0.244 e. The number of benzene rings is 2. The second-order valence-electron chi connectivity index (χ2n) is 8.37. The molecule has 0 bridgehead atoms. The quantitative estimate of drug-likeness (QED) is 0.567. The summed E-state index contributed by atoms with van der Waals surface area (Å²) in [5.41, 5.74) is 3.63. The third-order valence-corrected chi connectivity index (χ3v) is 8.76. The number of carbonyl (C=O) groups excluding carboxylic acids is 2. The minimum Gasteiger partial charge on any atom is -0.325 e. The molecule has 4 rings (SSSR count). The molecular weight excluding hydrogens is 460 g/mol. The largest absolute Gasteiger partial charge is 0.325 e. The molecule has 0 radical (unpaired) electrons. The molecule has 33 heavy (non-hydrogen) atoms. The average Bonchev–Trinajstić information content (AvgIpc) is 3.33. The fourth-order valence-corrected chi connectivity index (χ4v) is 7.44. The van der Waals surface area contributed by atoms with Crippen LogP contribution in [0, 0.1) is 20.8 Å². The molecule has 0 spiro atoms. The molecule has 2 aromatic carbocycles. The number of thiazole rings is 1. The van der Waals surface area contributed by atoms with E-state index in [-0.39, 0.29) is 16.7 Å². The highest BCUT2D eigenvalue weighted by atomic mass is 32.2. The summed E-state index contributed by atoms with van der Waals surface area (Å²) in [4.78, 5) is 29.0. The SMILES string of the molecule is CC(=O)Nc1nc2ccc(NC(=O)C3CCCN3S(=O)(=O)c3c(C)cc(C)cc3C)cc2s1. The summed E-state index contributed by atoms with van der Waals surface area (Å²) in [7, 11) is -3.82. The molecule has 2 N–H and O–H groups in total. The predicted molar refractivity (Wildman–Crippen MR) is 130 cm³/mol. The number of nitrogens with zero attached hydrogens (tertiary/aromatic N) is 2. The van der Waals surface area contributed by atoms with E-state index in [2.05, 4.69) is 15.6 Å². The van der Waals surface area contributed by atoms with Gasteiger partial charge in [0.1, 0.15) is 6.04 Å². The lowest BCUT2D eigenvalue weighted by Crippen LogP contribution is -2.43. The van der Waals surface area contributed by atoms with Gasteiger partial charge in [0.25, 0.3) is 0 Å². The highest BCUT2D eigenvalue weighted by molar-refractivity contribution is 7.89. The number of hydrogen-bond donors (Lipinski definition) is 2. The van der Waals surface area contributed by atoms with Crippen LogP contribution >= 0.6 is 11.3 Å². The Kier molecular flexibility index (Phi) is 6.26. The Balaban J connectivity index is 1.57. The Bertz CT molecular complexity index is 1340. The molecule has 1 atom stereocenters. The van der Waals surface area contributed by atoms with E-state index in [9.17, 15) is 18.0 Å². The zero-order chi connectivity index (χ0) is 23.9. The normalized spacial score (nSPS) is 16.8. The molecular formula is C23H26N4O4S2. The van der Waals surface area contributed by atoms with Crippen molar-refractivity contribution in [2.24, 2.45) is 0 Å². The summed E-state index contributed by atoms with van der Waals surface area (Å²) in [6.07, 6.45) is 1.08. The first kappa shape index (κ1) is 23.3. The summed E-state index contributed by atoms with van der Waals surface area (Å²) in [5.74, 6) is -0.561. The summed E-state index contributed by atoms with van der Waals surface area (Å²) >= 11 is 1.30. The van der Waals surface area contributed by atoms with Crippen molar-refractivity contribution in [1.82, 2.24) is 9.29 Å². The number of hydrogen-bond acceptors (Lipinski definition) is 6. The monoisotopic (exact) mass is 486 g/mol. The highest BCUT2D eigenvalue weighted by Crippen LogP contribution is 2.32. The predicted octanol–water partition coefficient (Wildman–Crippen LogP) is 3.97. The van der Waals surface area contributed by atoms with Gasteiger partial charge in [-0.3, -0.25) is 9.59 Å². The number of anilines is 2. The molecule has 3 aromatic rings. The van der Waals surface area contributed by atoms with Crippen LogP contribution in [0.4, 0.5) is 10.8 Å². The van der Waals surface area contributed by atoms with Crippen molar-refractivity contribution < 1.29 is 18.0 Å². The van der Waals surface area contributed by atoms with Crippen molar-refractivity contribution in [3.8, 4) is 0 Å². The Morgan fingerprint density at radius 2 is 1.79 bits per heavy atom. The van der Waals surface area contributed by atoms with Gasteiger partial charge in [-0.2, -0.15) is 4.31 Å². The second kappa shape index (κ2) is 8.85. The lowest BCUT2D eigenvalue weighted by atomic mass is 10.1. The fraction of sp³-hybridized carbons (Fsp3) is 0.348. The van der Waals surface area contributed by atoms with Gasteiger partial charge >= 0.3 is 0 Å². The number of rotatable bonds is 5. The number of aromatic nitrogens is 1. The molecule has 1 aromatic heterocycles. The minimum absolute atomic E-state index is 0.204. The minimum atomic E-state index is -3.82. The topological polar surface area (TPSA) is 108 Å². The number of nitrogens with one attached hydrogen (secondary N) is 2. The Hall–Kier alpha value is -2.82. The van der Waals surface area contributed by atoms with Gasteiger partial charge in [0.15, 0.2) is 5.13 Å². The lowest BCUT2D eigenvalue weighted by molar-refractivity contribution is -0.119. The maximum Gasteiger partial charge on any atom is 0.244 e. The molecule has 0 aliphatic carbocycles. The number of amides is 2. The molecule has 174 valence electrons. The molecule has 1 fully saturated rings. The number of aryl methyl sites for hydroxylation is 3.